The molecule has 0 aromatic rings. The molecule has 0 saturated carbocycles. The van der Waals surface area contributed by atoms with Crippen LogP contribution in [0.15, 0.2) is 4.40 Å². The molecule has 0 bridgehead atoms. The summed E-state index contributed by atoms with van der Waals surface area (Å²) in [5, 5.41) is 9.56. The summed E-state index contributed by atoms with van der Waals surface area (Å²) < 4.78 is 11.5. The van der Waals surface area contributed by atoms with Crippen LogP contribution in [0.25, 0.3) is 0 Å². The van der Waals surface area contributed by atoms with Crippen LogP contribution in [0.2, 0.25) is 0 Å². The fourth-order valence-corrected chi connectivity index (χ4v) is 0.291. The lowest BCUT2D eigenvalue weighted by Gasteiger charge is -1.91. The summed E-state index contributed by atoms with van der Waals surface area (Å²) in [5.41, 5.74) is 0. The highest BCUT2D eigenvalue weighted by Crippen LogP contribution is 1.94. The number of hydrogen-bond acceptors (Lipinski definition) is 6. The van der Waals surface area contributed by atoms with Crippen molar-refractivity contribution >= 4 is 24.5 Å². The highest BCUT2D eigenvalue weighted by Gasteiger charge is 1.94. The Kier molecular flexibility index (Phi) is 5.19. The standard InChI is InChI=1S/C4H4N2O3S/c1-8-4(7)9-3-6-10-2-5/h3H,1H3/b6-3+. The van der Waals surface area contributed by atoms with E-state index in [4.69, 9.17) is 5.26 Å². The van der Waals surface area contributed by atoms with Gasteiger partial charge in [-0.25, -0.2) is 4.79 Å². The number of rotatable bonds is 2. The minimum atomic E-state index is -0.859. The molecule has 0 N–H and O–H groups in total. The van der Waals surface area contributed by atoms with E-state index in [0.29, 0.717) is 11.9 Å². The summed E-state index contributed by atoms with van der Waals surface area (Å²) in [7, 11) is 1.17. The van der Waals surface area contributed by atoms with Crippen LogP contribution in [0.4, 0.5) is 4.79 Å². The Morgan fingerprint density at radius 3 is 3.10 bits per heavy atom. The molecule has 0 aromatic carbocycles. The summed E-state index contributed by atoms with van der Waals surface area (Å²) in [4.78, 5) is 10.1. The molecule has 0 amide bonds. The van der Waals surface area contributed by atoms with Crippen molar-refractivity contribution in [1.29, 1.82) is 5.26 Å². The summed E-state index contributed by atoms with van der Waals surface area (Å²) in [6, 6.07) is 0. The van der Waals surface area contributed by atoms with E-state index in [-0.39, 0.29) is 0 Å². The summed E-state index contributed by atoms with van der Waals surface area (Å²) >= 11 is 0.603. The maximum absolute atomic E-state index is 10.1. The van der Waals surface area contributed by atoms with E-state index in [1.54, 1.807) is 5.40 Å². The molecule has 0 saturated heterocycles. The monoisotopic (exact) mass is 160 g/mol. The molecule has 6 heteroatoms. The first kappa shape index (κ1) is 8.78. The van der Waals surface area contributed by atoms with Gasteiger partial charge in [0.25, 0.3) is 0 Å². The van der Waals surface area contributed by atoms with E-state index >= 15 is 0 Å². The quantitative estimate of drug-likeness (QED) is 0.197. The second-order valence-corrected chi connectivity index (χ2v) is 1.54. The molecule has 0 heterocycles. The van der Waals surface area contributed by atoms with Gasteiger partial charge in [-0.1, -0.05) is 0 Å². The molecule has 0 fully saturated rings. The number of thiocyanates is 1. The van der Waals surface area contributed by atoms with Gasteiger partial charge in [0.15, 0.2) is 11.8 Å². The number of carbonyl (C=O) groups excluding carboxylic acids is 1. The van der Waals surface area contributed by atoms with Crippen LogP contribution in [-0.2, 0) is 9.47 Å². The number of hydrogen-bond donors (Lipinski definition) is 0. The highest BCUT2D eigenvalue weighted by molar-refractivity contribution is 8.02. The van der Waals surface area contributed by atoms with Gasteiger partial charge in [-0.2, -0.15) is 9.66 Å². The average molecular weight is 160 g/mol. The first-order chi connectivity index (χ1) is 4.81. The van der Waals surface area contributed by atoms with Crippen molar-refractivity contribution in [1.82, 2.24) is 0 Å². The molecule has 0 spiro atoms. The predicted molar refractivity (Wildman–Crippen MR) is 35.2 cm³/mol. The van der Waals surface area contributed by atoms with Gasteiger partial charge in [0.1, 0.15) is 0 Å². The van der Waals surface area contributed by atoms with Crippen LogP contribution < -0.4 is 0 Å². The molecule has 54 valence electrons. The molecule has 10 heavy (non-hydrogen) atoms. The molecular weight excluding hydrogens is 156 g/mol. The van der Waals surface area contributed by atoms with Gasteiger partial charge >= 0.3 is 6.16 Å². The van der Waals surface area contributed by atoms with Gasteiger partial charge in [-0.05, 0) is 0 Å². The summed E-state index contributed by atoms with van der Waals surface area (Å²) in [6.45, 7) is 0. The van der Waals surface area contributed by atoms with Crippen LogP contribution >= 0.6 is 11.9 Å². The number of ether oxygens (including phenoxy) is 2. The van der Waals surface area contributed by atoms with Gasteiger partial charge in [-0.3, -0.25) is 0 Å². The lowest BCUT2D eigenvalue weighted by atomic mass is 11.3. The Hall–Kier alpha value is -1.22. The third kappa shape index (κ3) is 4.93. The number of nitrogens with zero attached hydrogens (tertiary/aromatic N) is 2. The SMILES string of the molecule is COC(=O)O/C=N/SC#N. The van der Waals surface area contributed by atoms with Crippen LogP contribution in [0.1, 0.15) is 0 Å². The van der Waals surface area contributed by atoms with Crippen molar-refractivity contribution in [2.75, 3.05) is 7.11 Å². The second kappa shape index (κ2) is 5.91. The number of carbonyl (C=O) groups is 1. The van der Waals surface area contributed by atoms with Gasteiger partial charge in [0, 0.05) is 0 Å². The third-order valence-corrected chi connectivity index (χ3v) is 0.725. The summed E-state index contributed by atoms with van der Waals surface area (Å²) in [6.07, 6.45) is -0.0259. The Morgan fingerprint density at radius 1 is 1.90 bits per heavy atom. The molecule has 0 aliphatic rings. The Balaban J connectivity index is 3.36. The van der Waals surface area contributed by atoms with E-state index in [1.165, 1.54) is 7.11 Å². The van der Waals surface area contributed by atoms with Crippen molar-refractivity contribution in [3.8, 4) is 5.40 Å². The van der Waals surface area contributed by atoms with Crippen molar-refractivity contribution in [2.24, 2.45) is 4.40 Å². The Morgan fingerprint density at radius 2 is 2.60 bits per heavy atom. The molecule has 0 atom stereocenters. The van der Waals surface area contributed by atoms with Crippen LogP contribution in [-0.4, -0.2) is 19.7 Å². The minimum Gasteiger partial charge on any atom is -0.437 e. The first-order valence-corrected chi connectivity index (χ1v) is 2.90. The molecule has 0 unspecified atom stereocenters. The topological polar surface area (TPSA) is 71.7 Å². The normalized spacial score (nSPS) is 8.80. The molecule has 5 nitrogen and oxygen atoms in total. The first-order valence-electron chi connectivity index (χ1n) is 2.12. The van der Waals surface area contributed by atoms with Crippen LogP contribution in [0.5, 0.6) is 0 Å². The minimum absolute atomic E-state index is 0.603. The van der Waals surface area contributed by atoms with Gasteiger partial charge in [-0.15, -0.1) is 0 Å². The zero-order valence-corrected chi connectivity index (χ0v) is 5.92. The average Bonchev–Trinajstić information content (AvgIpc) is 1.98. The number of methoxy groups -OCH3 is 1. The Bertz CT molecular complexity index is 174. The molecule has 0 rings (SSSR count). The van der Waals surface area contributed by atoms with E-state index in [1.807, 2.05) is 0 Å². The molecule has 0 aliphatic heterocycles. The van der Waals surface area contributed by atoms with Crippen LogP contribution in [0.3, 0.4) is 0 Å². The lowest BCUT2D eigenvalue weighted by molar-refractivity contribution is 0.120. The molecule has 0 radical (unpaired) electrons. The molecule has 0 aliphatic carbocycles. The largest absolute Gasteiger partial charge is 0.514 e. The predicted octanol–water partition coefficient (Wildman–Crippen LogP) is 0.927. The number of nitriles is 1. The van der Waals surface area contributed by atoms with Gasteiger partial charge in [0.05, 0.1) is 19.1 Å². The van der Waals surface area contributed by atoms with Crippen molar-refractivity contribution in [3.63, 3.8) is 0 Å². The smallest absolute Gasteiger partial charge is 0.437 e. The van der Waals surface area contributed by atoms with Gasteiger partial charge < -0.3 is 9.47 Å². The summed E-state index contributed by atoms with van der Waals surface area (Å²) in [5.74, 6) is 0. The molecular formula is C4H4N2O3S. The lowest BCUT2D eigenvalue weighted by Crippen LogP contribution is -2.01. The van der Waals surface area contributed by atoms with Crippen molar-refractivity contribution in [3.05, 3.63) is 0 Å². The van der Waals surface area contributed by atoms with E-state index < -0.39 is 6.16 Å². The van der Waals surface area contributed by atoms with Gasteiger partial charge in [0.2, 0.25) is 0 Å². The van der Waals surface area contributed by atoms with Crippen LogP contribution in [0, 0.1) is 10.7 Å². The zero-order chi connectivity index (χ0) is 7.82. The second-order valence-electron chi connectivity index (χ2n) is 0.965. The fourth-order valence-electron chi connectivity index (χ4n) is 0.158. The maximum Gasteiger partial charge on any atom is 0.514 e. The molecule has 0 aromatic heterocycles. The van der Waals surface area contributed by atoms with E-state index in [0.717, 1.165) is 6.40 Å². The third-order valence-electron chi connectivity index (χ3n) is 0.452. The van der Waals surface area contributed by atoms with E-state index in [2.05, 4.69) is 13.9 Å². The fraction of sp³-hybridized carbons (Fsp3) is 0.250. The highest BCUT2D eigenvalue weighted by atomic mass is 32.2. The van der Waals surface area contributed by atoms with Crippen molar-refractivity contribution in [2.45, 2.75) is 0 Å². The van der Waals surface area contributed by atoms with E-state index in [9.17, 15) is 4.79 Å². The maximum atomic E-state index is 10.1. The zero-order valence-electron chi connectivity index (χ0n) is 5.10. The Labute approximate surface area is 61.8 Å². The van der Waals surface area contributed by atoms with Crippen molar-refractivity contribution < 1.29 is 14.3 Å².